The number of hydrogen-bond donors (Lipinski definition) is 1. The molecule has 0 fully saturated rings. The minimum Gasteiger partial charge on any atom is -0.269 e. The number of nitrogens with zero attached hydrogens (tertiary/aromatic N) is 3. The average Bonchev–Trinajstić information content (AvgIpc) is 2.62. The molecule has 0 amide bonds. The predicted molar refractivity (Wildman–Crippen MR) is 54.4 cm³/mol. The van der Waals surface area contributed by atoms with Crippen LogP contribution in [-0.4, -0.2) is 22.1 Å². The Kier molecular flexibility index (Phi) is 2.27. The SMILES string of the molecule is C=CCSc1ncnc2c1NC=[N+]2. The molecular formula is C8H8N4S+. The highest BCUT2D eigenvalue weighted by atomic mass is 32.2. The van der Waals surface area contributed by atoms with Gasteiger partial charge in [-0.3, -0.25) is 5.32 Å². The molecule has 1 aliphatic heterocycles. The van der Waals surface area contributed by atoms with E-state index in [1.807, 2.05) is 6.08 Å². The molecule has 1 aliphatic rings. The summed E-state index contributed by atoms with van der Waals surface area (Å²) in [6, 6.07) is 0. The minimum atomic E-state index is 0.710. The highest BCUT2D eigenvalue weighted by molar-refractivity contribution is 7.99. The van der Waals surface area contributed by atoms with E-state index in [1.54, 1.807) is 18.1 Å². The van der Waals surface area contributed by atoms with Gasteiger partial charge in [0.2, 0.25) is 12.0 Å². The Morgan fingerprint density at radius 1 is 1.62 bits per heavy atom. The van der Waals surface area contributed by atoms with E-state index in [0.717, 1.165) is 16.5 Å². The first-order chi connectivity index (χ1) is 6.42. The van der Waals surface area contributed by atoms with Gasteiger partial charge in [-0.1, -0.05) is 27.8 Å². The van der Waals surface area contributed by atoms with E-state index in [4.69, 9.17) is 0 Å². The number of aromatic nitrogens is 2. The van der Waals surface area contributed by atoms with E-state index in [9.17, 15) is 0 Å². The standard InChI is InChI=1S/C8H8N4S/c1-2-3-13-8-6-7(10-4-9-6)11-5-12-8/h2,4-5,9H,1,3H2/q+1. The van der Waals surface area contributed by atoms with Gasteiger partial charge < -0.3 is 0 Å². The maximum Gasteiger partial charge on any atom is 0.340 e. The van der Waals surface area contributed by atoms with Gasteiger partial charge in [0.15, 0.2) is 6.33 Å². The molecule has 0 spiro atoms. The molecule has 0 saturated heterocycles. The highest BCUT2D eigenvalue weighted by Gasteiger charge is 2.21. The molecule has 2 heterocycles. The molecule has 0 unspecified atom stereocenters. The van der Waals surface area contributed by atoms with E-state index >= 15 is 0 Å². The van der Waals surface area contributed by atoms with E-state index < -0.39 is 0 Å². The van der Waals surface area contributed by atoms with Gasteiger partial charge in [-0.2, -0.15) is 0 Å². The van der Waals surface area contributed by atoms with Crippen molar-refractivity contribution < 1.29 is 0 Å². The van der Waals surface area contributed by atoms with Gasteiger partial charge in [0, 0.05) is 5.75 Å². The number of hydrogen-bond acceptors (Lipinski definition) is 5. The normalized spacial score (nSPS) is 12.3. The van der Waals surface area contributed by atoms with E-state index in [1.165, 1.54) is 6.33 Å². The van der Waals surface area contributed by atoms with Crippen LogP contribution >= 0.6 is 11.8 Å². The van der Waals surface area contributed by atoms with Crippen molar-refractivity contribution in [1.82, 2.24) is 15.0 Å². The molecule has 0 atom stereocenters. The summed E-state index contributed by atoms with van der Waals surface area (Å²) in [7, 11) is 0. The third-order valence-electron chi connectivity index (χ3n) is 1.53. The van der Waals surface area contributed by atoms with Crippen LogP contribution in [0.4, 0.5) is 11.5 Å². The summed E-state index contributed by atoms with van der Waals surface area (Å²) in [5, 5.41) is 3.92. The molecule has 5 heteroatoms. The van der Waals surface area contributed by atoms with Crippen LogP contribution in [-0.2, 0) is 0 Å². The summed E-state index contributed by atoms with van der Waals surface area (Å²) in [6.45, 7) is 3.65. The second-order valence-electron chi connectivity index (χ2n) is 2.38. The zero-order chi connectivity index (χ0) is 9.10. The summed E-state index contributed by atoms with van der Waals surface area (Å²) in [5.74, 6) is 1.55. The zero-order valence-corrected chi connectivity index (χ0v) is 7.71. The van der Waals surface area contributed by atoms with E-state index in [2.05, 4.69) is 26.9 Å². The van der Waals surface area contributed by atoms with Gasteiger partial charge >= 0.3 is 5.82 Å². The van der Waals surface area contributed by atoms with Crippen LogP contribution in [0.5, 0.6) is 0 Å². The average molecular weight is 192 g/mol. The lowest BCUT2D eigenvalue weighted by Crippen LogP contribution is -1.93. The second-order valence-corrected chi connectivity index (χ2v) is 3.39. The van der Waals surface area contributed by atoms with Gasteiger partial charge in [0.05, 0.1) is 0 Å². The minimum absolute atomic E-state index is 0.710. The lowest BCUT2D eigenvalue weighted by Gasteiger charge is -1.97. The summed E-state index contributed by atoms with van der Waals surface area (Å²) in [5.41, 5.74) is 0.898. The van der Waals surface area contributed by atoms with Crippen molar-refractivity contribution in [1.29, 1.82) is 0 Å². The molecule has 0 aromatic carbocycles. The molecule has 1 aromatic rings. The van der Waals surface area contributed by atoms with Crippen LogP contribution in [0.3, 0.4) is 0 Å². The van der Waals surface area contributed by atoms with Crippen molar-refractivity contribution in [3.63, 3.8) is 0 Å². The molecule has 4 nitrogen and oxygen atoms in total. The van der Waals surface area contributed by atoms with Crippen molar-refractivity contribution in [3.05, 3.63) is 19.0 Å². The molecule has 65 valence electrons. The van der Waals surface area contributed by atoms with Crippen LogP contribution < -0.4 is 10.3 Å². The maximum atomic E-state index is 4.15. The fourth-order valence-corrected chi connectivity index (χ4v) is 1.68. The molecule has 1 radical (unpaired) electrons. The largest absolute Gasteiger partial charge is 0.340 e. The molecular weight excluding hydrogens is 184 g/mol. The van der Waals surface area contributed by atoms with Crippen molar-refractivity contribution >= 4 is 29.6 Å². The third kappa shape index (κ3) is 1.55. The number of rotatable bonds is 3. The molecule has 13 heavy (non-hydrogen) atoms. The maximum absolute atomic E-state index is 4.15. The van der Waals surface area contributed by atoms with Crippen molar-refractivity contribution in [2.45, 2.75) is 5.03 Å². The summed E-state index contributed by atoms with van der Waals surface area (Å²) in [4.78, 5) is 12.2. The van der Waals surface area contributed by atoms with Crippen molar-refractivity contribution in [3.8, 4) is 0 Å². The van der Waals surface area contributed by atoms with Gasteiger partial charge in [0.1, 0.15) is 5.03 Å². The summed E-state index contributed by atoms with van der Waals surface area (Å²) < 4.78 is 0. The Bertz CT molecular complexity index is 361. The first kappa shape index (κ1) is 8.25. The lowest BCUT2D eigenvalue weighted by atomic mass is 10.5. The quantitative estimate of drug-likeness (QED) is 0.444. The van der Waals surface area contributed by atoms with E-state index in [0.29, 0.717) is 5.82 Å². The Morgan fingerprint density at radius 3 is 3.38 bits per heavy atom. The zero-order valence-electron chi connectivity index (χ0n) is 6.90. The van der Waals surface area contributed by atoms with Gasteiger partial charge in [-0.15, -0.1) is 6.58 Å². The second kappa shape index (κ2) is 3.57. The van der Waals surface area contributed by atoms with Gasteiger partial charge in [-0.25, -0.2) is 4.98 Å². The highest BCUT2D eigenvalue weighted by Crippen LogP contribution is 2.30. The molecule has 1 aromatic heterocycles. The Morgan fingerprint density at radius 2 is 2.54 bits per heavy atom. The Labute approximate surface area is 80.2 Å². The Balaban J connectivity index is 2.27. The topological polar surface area (TPSA) is 51.9 Å². The molecule has 1 N–H and O–H groups in total. The van der Waals surface area contributed by atoms with Crippen molar-refractivity contribution in [2.24, 2.45) is 0 Å². The van der Waals surface area contributed by atoms with Crippen LogP contribution in [0, 0.1) is 0 Å². The number of anilines is 1. The molecule has 0 bridgehead atoms. The summed E-state index contributed by atoms with van der Waals surface area (Å²) in [6.07, 6.45) is 4.99. The predicted octanol–water partition coefficient (Wildman–Crippen LogP) is 1.18. The molecule has 0 saturated carbocycles. The number of fused-ring (bicyclic) bond motifs is 1. The van der Waals surface area contributed by atoms with E-state index in [-0.39, 0.29) is 0 Å². The molecule has 0 aliphatic carbocycles. The Hall–Kier alpha value is -1.36. The van der Waals surface area contributed by atoms with Crippen LogP contribution in [0.15, 0.2) is 24.0 Å². The van der Waals surface area contributed by atoms with Crippen LogP contribution in [0.2, 0.25) is 0 Å². The number of aliphatic imine (C=N–C) groups is 1. The number of nitrogens with one attached hydrogen (secondary N) is 1. The fourth-order valence-electron chi connectivity index (χ4n) is 0.990. The fraction of sp³-hybridized carbons (Fsp3) is 0.125. The van der Waals surface area contributed by atoms with Crippen molar-refractivity contribution in [2.75, 3.05) is 11.1 Å². The number of thioether (sulfide) groups is 1. The lowest BCUT2D eigenvalue weighted by molar-refractivity contribution is 1.05. The first-order valence-corrected chi connectivity index (χ1v) is 4.78. The smallest absolute Gasteiger partial charge is 0.269 e. The van der Waals surface area contributed by atoms with Gasteiger partial charge in [0.25, 0.3) is 0 Å². The van der Waals surface area contributed by atoms with Gasteiger partial charge in [-0.05, 0) is 0 Å². The third-order valence-corrected chi connectivity index (χ3v) is 2.51. The van der Waals surface area contributed by atoms with Crippen LogP contribution in [0.1, 0.15) is 0 Å². The first-order valence-electron chi connectivity index (χ1n) is 3.79. The monoisotopic (exact) mass is 192 g/mol. The summed E-state index contributed by atoms with van der Waals surface area (Å²) >= 11 is 1.61. The van der Waals surface area contributed by atoms with Crippen LogP contribution in [0.25, 0.3) is 0 Å². The molecule has 2 rings (SSSR count).